The number of carbonyl (C=O) groups is 2. The maximum atomic E-state index is 12.1. The van der Waals surface area contributed by atoms with Crippen LogP contribution in [0, 0.1) is 0 Å². The lowest BCUT2D eigenvalue weighted by Crippen LogP contribution is -2.35. The van der Waals surface area contributed by atoms with E-state index in [2.05, 4.69) is 6.92 Å². The monoisotopic (exact) mass is 277 g/mol. The molecule has 0 aliphatic carbocycles. The van der Waals surface area contributed by atoms with E-state index in [1.165, 1.54) is 0 Å². The Balaban J connectivity index is 2.63. The third-order valence-corrected chi connectivity index (χ3v) is 3.62. The Labute approximate surface area is 120 Å². The number of hydrogen-bond acceptors (Lipinski definition) is 2. The summed E-state index contributed by atoms with van der Waals surface area (Å²) in [4.78, 5) is 24.9. The van der Waals surface area contributed by atoms with Crippen LogP contribution in [0.25, 0.3) is 0 Å². The smallest absolute Gasteiger partial charge is 0.335 e. The summed E-state index contributed by atoms with van der Waals surface area (Å²) in [6.07, 6.45) is 2.83. The van der Waals surface area contributed by atoms with Gasteiger partial charge in [0.05, 0.1) is 5.56 Å². The number of benzene rings is 1. The van der Waals surface area contributed by atoms with E-state index < -0.39 is 5.97 Å². The van der Waals surface area contributed by atoms with Crippen molar-refractivity contribution in [3.63, 3.8) is 0 Å². The third kappa shape index (κ3) is 4.37. The van der Waals surface area contributed by atoms with E-state index in [0.717, 1.165) is 12.8 Å². The van der Waals surface area contributed by atoms with E-state index in [0.29, 0.717) is 18.4 Å². The van der Waals surface area contributed by atoms with Crippen LogP contribution in [0.4, 0.5) is 0 Å². The summed E-state index contributed by atoms with van der Waals surface area (Å²) in [5, 5.41) is 9.10. The van der Waals surface area contributed by atoms with Crippen LogP contribution < -0.4 is 0 Å². The van der Waals surface area contributed by atoms with Crippen LogP contribution in [-0.4, -0.2) is 35.0 Å². The van der Waals surface area contributed by atoms with E-state index >= 15 is 0 Å². The lowest BCUT2D eigenvalue weighted by molar-refractivity contribution is -0.131. The van der Waals surface area contributed by atoms with Gasteiger partial charge in [-0.25, -0.2) is 4.79 Å². The highest BCUT2D eigenvalue weighted by Crippen LogP contribution is 2.13. The van der Waals surface area contributed by atoms with Gasteiger partial charge < -0.3 is 10.0 Å². The second kappa shape index (κ2) is 7.68. The van der Waals surface area contributed by atoms with Gasteiger partial charge in [-0.2, -0.15) is 0 Å². The number of carbonyl (C=O) groups excluding carboxylic acids is 1. The molecule has 0 heterocycles. The number of carboxylic acids is 1. The lowest BCUT2D eigenvalue weighted by Gasteiger charge is -2.24. The summed E-state index contributed by atoms with van der Waals surface area (Å²) in [5.74, 6) is -0.883. The highest BCUT2D eigenvalue weighted by atomic mass is 16.4. The predicted molar refractivity (Wildman–Crippen MR) is 78.9 cm³/mol. The normalized spacial score (nSPS) is 11.9. The first kappa shape index (κ1) is 16.2. The Morgan fingerprint density at radius 3 is 2.55 bits per heavy atom. The molecule has 0 aromatic heterocycles. The molecule has 1 rings (SSSR count). The van der Waals surface area contributed by atoms with Gasteiger partial charge in [0, 0.05) is 19.5 Å². The van der Waals surface area contributed by atoms with E-state index in [-0.39, 0.29) is 17.5 Å². The van der Waals surface area contributed by atoms with Crippen LogP contribution in [0.15, 0.2) is 24.3 Å². The molecule has 110 valence electrons. The third-order valence-electron chi connectivity index (χ3n) is 3.62. The van der Waals surface area contributed by atoms with Crippen molar-refractivity contribution in [3.05, 3.63) is 35.4 Å². The van der Waals surface area contributed by atoms with Crippen LogP contribution in [0.1, 0.15) is 49.0 Å². The highest BCUT2D eigenvalue weighted by Gasteiger charge is 2.16. The summed E-state index contributed by atoms with van der Waals surface area (Å²) in [5.41, 5.74) is 0.995. The molecule has 0 radical (unpaired) electrons. The number of nitrogens with zero attached hydrogens (tertiary/aromatic N) is 1. The zero-order valence-corrected chi connectivity index (χ0v) is 12.4. The summed E-state index contributed by atoms with van der Waals surface area (Å²) in [6.45, 7) is 4.13. The van der Waals surface area contributed by atoms with E-state index in [9.17, 15) is 9.59 Å². The van der Waals surface area contributed by atoms with Gasteiger partial charge in [-0.1, -0.05) is 31.5 Å². The molecule has 1 amide bonds. The van der Waals surface area contributed by atoms with Crippen LogP contribution in [0.5, 0.6) is 0 Å². The Hall–Kier alpha value is -1.84. The van der Waals surface area contributed by atoms with E-state index in [1.54, 1.807) is 29.2 Å². The fraction of sp³-hybridized carbons (Fsp3) is 0.500. The Bertz CT molecular complexity index is 471. The van der Waals surface area contributed by atoms with Gasteiger partial charge in [0.15, 0.2) is 0 Å². The minimum absolute atomic E-state index is 0.0612. The molecule has 1 atom stereocenters. The molecule has 0 bridgehead atoms. The Morgan fingerprint density at radius 1 is 1.30 bits per heavy atom. The summed E-state index contributed by atoms with van der Waals surface area (Å²) < 4.78 is 0. The topological polar surface area (TPSA) is 57.6 Å². The first-order chi connectivity index (χ1) is 9.47. The largest absolute Gasteiger partial charge is 0.478 e. The van der Waals surface area contributed by atoms with E-state index in [1.807, 2.05) is 14.0 Å². The molecule has 0 fully saturated rings. The Kier molecular flexibility index (Phi) is 6.22. The average molecular weight is 277 g/mol. The zero-order chi connectivity index (χ0) is 15.1. The molecule has 0 aliphatic rings. The first-order valence-electron chi connectivity index (χ1n) is 7.04. The Morgan fingerprint density at radius 2 is 1.95 bits per heavy atom. The second-order valence-electron chi connectivity index (χ2n) is 5.10. The summed E-state index contributed by atoms with van der Waals surface area (Å²) in [7, 11) is 1.81. The minimum Gasteiger partial charge on any atom is -0.478 e. The molecule has 1 aromatic carbocycles. The van der Waals surface area contributed by atoms with Gasteiger partial charge >= 0.3 is 5.97 Å². The predicted octanol–water partition coefficient (Wildman–Crippen LogP) is 2.96. The van der Waals surface area contributed by atoms with Crippen molar-refractivity contribution in [3.8, 4) is 0 Å². The minimum atomic E-state index is -0.944. The maximum absolute atomic E-state index is 12.1. The SMILES string of the molecule is CCCC(C)N(C)C(=O)CCc1ccccc1C(=O)O. The molecule has 0 saturated carbocycles. The number of amides is 1. The lowest BCUT2D eigenvalue weighted by atomic mass is 10.0. The zero-order valence-electron chi connectivity index (χ0n) is 12.4. The number of hydrogen-bond donors (Lipinski definition) is 1. The van der Waals surface area contributed by atoms with Gasteiger partial charge in [0.25, 0.3) is 0 Å². The van der Waals surface area contributed by atoms with Crippen molar-refractivity contribution in [1.82, 2.24) is 4.90 Å². The highest BCUT2D eigenvalue weighted by molar-refractivity contribution is 5.89. The number of aryl methyl sites for hydroxylation is 1. The summed E-state index contributed by atoms with van der Waals surface area (Å²) in [6, 6.07) is 7.07. The van der Waals surface area contributed by atoms with Crippen LogP contribution in [0.3, 0.4) is 0 Å². The van der Waals surface area contributed by atoms with Gasteiger partial charge in [-0.05, 0) is 31.4 Å². The van der Waals surface area contributed by atoms with Gasteiger partial charge in [-0.15, -0.1) is 0 Å². The van der Waals surface area contributed by atoms with Crippen molar-refractivity contribution >= 4 is 11.9 Å². The summed E-state index contributed by atoms with van der Waals surface area (Å²) >= 11 is 0. The maximum Gasteiger partial charge on any atom is 0.335 e. The molecule has 4 nitrogen and oxygen atoms in total. The second-order valence-corrected chi connectivity index (χ2v) is 5.10. The number of aromatic carboxylic acids is 1. The quantitative estimate of drug-likeness (QED) is 0.833. The van der Waals surface area contributed by atoms with Crippen LogP contribution in [0.2, 0.25) is 0 Å². The van der Waals surface area contributed by atoms with Crippen molar-refractivity contribution in [2.75, 3.05) is 7.05 Å². The molecule has 1 N–H and O–H groups in total. The fourth-order valence-electron chi connectivity index (χ4n) is 2.22. The van der Waals surface area contributed by atoms with Gasteiger partial charge in [0.2, 0.25) is 5.91 Å². The van der Waals surface area contributed by atoms with Crippen molar-refractivity contribution in [2.45, 2.75) is 45.6 Å². The van der Waals surface area contributed by atoms with Crippen molar-refractivity contribution in [2.24, 2.45) is 0 Å². The van der Waals surface area contributed by atoms with Crippen molar-refractivity contribution in [1.29, 1.82) is 0 Å². The standard InChI is InChI=1S/C16H23NO3/c1-4-7-12(2)17(3)15(18)11-10-13-8-5-6-9-14(13)16(19)20/h5-6,8-9,12H,4,7,10-11H2,1-3H3,(H,19,20). The molecule has 1 unspecified atom stereocenters. The van der Waals surface area contributed by atoms with E-state index in [4.69, 9.17) is 5.11 Å². The van der Waals surface area contributed by atoms with Crippen molar-refractivity contribution < 1.29 is 14.7 Å². The first-order valence-corrected chi connectivity index (χ1v) is 7.04. The van der Waals surface area contributed by atoms with Crippen LogP contribution in [-0.2, 0) is 11.2 Å². The number of carboxylic acid groups (broad SMARTS) is 1. The molecule has 0 spiro atoms. The molecular weight excluding hydrogens is 254 g/mol. The number of rotatable bonds is 7. The fourth-order valence-corrected chi connectivity index (χ4v) is 2.22. The molecule has 4 heteroatoms. The molecule has 1 aromatic rings. The van der Waals surface area contributed by atoms with Gasteiger partial charge in [-0.3, -0.25) is 4.79 Å². The molecular formula is C16H23NO3. The molecule has 0 saturated heterocycles. The average Bonchev–Trinajstić information content (AvgIpc) is 2.44. The molecule has 0 aliphatic heterocycles. The van der Waals surface area contributed by atoms with Crippen LogP contribution >= 0.6 is 0 Å². The van der Waals surface area contributed by atoms with Gasteiger partial charge in [0.1, 0.15) is 0 Å². The molecule has 20 heavy (non-hydrogen) atoms.